The average molecular weight is 1950 g/mol. The number of nitrogens with zero attached hydrogens (tertiary/aromatic N) is 13. The topological polar surface area (TPSA) is 365 Å². The van der Waals surface area contributed by atoms with Crippen molar-refractivity contribution in [3.05, 3.63) is 349 Å². The van der Waals surface area contributed by atoms with E-state index in [1.807, 2.05) is 146 Å². The van der Waals surface area contributed by atoms with Crippen LogP contribution in [0.5, 0.6) is 0 Å². The van der Waals surface area contributed by atoms with Crippen LogP contribution in [0.15, 0.2) is 304 Å². The first-order valence-electron chi connectivity index (χ1n) is 44.2. The molecule has 706 valence electrons. The molecule has 30 nitrogen and oxygen atoms in total. The fourth-order valence-electron chi connectivity index (χ4n) is 16.4. The van der Waals surface area contributed by atoms with Gasteiger partial charge in [-0.25, -0.2) is 28.1 Å². The van der Waals surface area contributed by atoms with E-state index in [1.165, 1.54) is 74.8 Å². The molecule has 0 saturated carbocycles. The van der Waals surface area contributed by atoms with Crippen LogP contribution in [0.1, 0.15) is 72.7 Å². The van der Waals surface area contributed by atoms with E-state index in [-0.39, 0.29) is 59.3 Å². The zero-order valence-electron chi connectivity index (χ0n) is 75.3. The zero-order valence-corrected chi connectivity index (χ0v) is 78.6. The van der Waals surface area contributed by atoms with Crippen molar-refractivity contribution in [2.24, 2.45) is 0 Å². The number of anilines is 8. The van der Waals surface area contributed by atoms with Crippen molar-refractivity contribution in [3.63, 3.8) is 0 Å². The molecule has 11 aromatic carbocycles. The maximum atomic E-state index is 14.9. The highest BCUT2D eigenvalue weighted by molar-refractivity contribution is 7.91. The number of nitrogens with one attached hydrogen (secondary N) is 5. The Morgan fingerprint density at radius 1 is 0.345 bits per heavy atom. The number of fused-ring (bicyclic) bond motifs is 4. The van der Waals surface area contributed by atoms with Gasteiger partial charge in [-0.1, -0.05) is 109 Å². The summed E-state index contributed by atoms with van der Waals surface area (Å²) in [7, 11) is -10.2. The van der Waals surface area contributed by atoms with Gasteiger partial charge in [0.2, 0.25) is 0 Å². The fraction of sp³-hybridized carbons (Fsp3) is 0.157. The second kappa shape index (κ2) is 40.9. The van der Waals surface area contributed by atoms with Crippen molar-refractivity contribution < 1.29 is 66.0 Å². The number of amides is 4. The molecule has 37 heteroatoms. The standard InChI is InChI=1S/C26H23FN4O3S.C26H24N4O3S.2C25H22FN5O3S/c1-30-14-5-15-31(35(30,33)34)21-11-12-22(23(27)17-21)26(32)28-20-8-4-7-19(16-20)25-13-10-18-6-2-3-9-24(18)29-25;1-18-7-10-21(17-24(18)25-23-6-3-2-5-19(23)13-15-27-25)29-26(31)20-8-11-22(12-9-20)30-16-4-14-28-34(30,32)33;1-30-13-4-14-31(35(30,33)34)19-8-9-20(22(26)16-19)25(32)29-18-6-2-5-17(15-18)24-21-7-3-11-27-23(21)10-12-28-24;1-30-12-5-13-31(35(30,33)34)20-10-11-21(22(26)15-20)25(32)28-19-8-4-7-17(14-19)24-27-16-18-6-2-3-9-23(18)29-24/h2-4,6-13,16-17H,5,14-15H2,1H3,(H,28,32);2-3,5-13,15,17,28H,4,14,16H2,1H3,(H,29,31);2-3,5-12,15-16H,4,13-14H2,1H3,(H,29,32);2-4,6-11,14-16H,5,12-13H2,1H3,(H,28,32). The van der Waals surface area contributed by atoms with Crippen LogP contribution < -0.4 is 43.2 Å². The largest absolute Gasteiger partial charge is 0.322 e. The quantitative estimate of drug-likeness (QED) is 0.0600. The molecule has 5 aromatic heterocycles. The van der Waals surface area contributed by atoms with Gasteiger partial charge in [0.25, 0.3) is 23.6 Å². The first kappa shape index (κ1) is 95.4. The summed E-state index contributed by atoms with van der Waals surface area (Å²) in [6.07, 6.45) is 9.51. The summed E-state index contributed by atoms with van der Waals surface area (Å²) < 4.78 is 155. The molecule has 0 unspecified atom stereocenters. The molecule has 20 rings (SSSR count). The van der Waals surface area contributed by atoms with Crippen molar-refractivity contribution in [1.29, 1.82) is 0 Å². The van der Waals surface area contributed by atoms with Gasteiger partial charge < -0.3 is 21.3 Å². The second-order valence-electron chi connectivity index (χ2n) is 33.0. The highest BCUT2D eigenvalue weighted by Crippen LogP contribution is 2.37. The monoisotopic (exact) mass is 1940 g/mol. The van der Waals surface area contributed by atoms with Crippen molar-refractivity contribution in [1.82, 2.24) is 47.5 Å². The van der Waals surface area contributed by atoms with Gasteiger partial charge in [-0.3, -0.25) is 51.4 Å². The number of rotatable bonds is 16. The van der Waals surface area contributed by atoms with E-state index < -0.39 is 76.0 Å². The van der Waals surface area contributed by atoms with E-state index >= 15 is 0 Å². The van der Waals surface area contributed by atoms with E-state index in [0.717, 1.165) is 120 Å². The molecule has 0 bridgehead atoms. The third kappa shape index (κ3) is 21.1. The van der Waals surface area contributed by atoms with Gasteiger partial charge in [-0.2, -0.15) is 51.3 Å². The number of hydrogen-bond donors (Lipinski definition) is 5. The third-order valence-corrected chi connectivity index (χ3v) is 31.0. The van der Waals surface area contributed by atoms with Gasteiger partial charge in [-0.15, -0.1) is 0 Å². The number of halogens is 3. The van der Waals surface area contributed by atoms with Crippen molar-refractivity contribution in [2.45, 2.75) is 32.6 Å². The van der Waals surface area contributed by atoms with Crippen molar-refractivity contribution >= 4 is 153 Å². The van der Waals surface area contributed by atoms with Gasteiger partial charge in [-0.05, 0) is 213 Å². The number of carbonyl (C=O) groups excluding carboxylic acids is 4. The second-order valence-corrected chi connectivity index (χ2v) is 40.5. The van der Waals surface area contributed by atoms with Crippen LogP contribution >= 0.6 is 0 Å². The van der Waals surface area contributed by atoms with Gasteiger partial charge in [0, 0.05) is 170 Å². The zero-order chi connectivity index (χ0) is 97.4. The van der Waals surface area contributed by atoms with Crippen molar-refractivity contribution in [2.75, 3.05) is 112 Å². The Morgan fingerprint density at radius 2 is 0.806 bits per heavy atom. The van der Waals surface area contributed by atoms with E-state index in [1.54, 1.807) is 104 Å². The lowest BCUT2D eigenvalue weighted by Crippen LogP contribution is -2.48. The molecule has 0 radical (unpaired) electrons. The molecule has 4 amide bonds. The molecule has 4 fully saturated rings. The van der Waals surface area contributed by atoms with Gasteiger partial charge in [0.15, 0.2) is 5.82 Å². The Morgan fingerprint density at radius 3 is 1.37 bits per heavy atom. The summed E-state index contributed by atoms with van der Waals surface area (Å²) >= 11 is 0. The Balaban J connectivity index is 0.000000128. The SMILES string of the molecule is CN1CCCN(c2ccc(C(=O)Nc3cccc(-c4ccc5ccccc5n4)c3)c(F)c2)S1(=O)=O.CN1CCCN(c2ccc(C(=O)Nc3cccc(-c4ncc5ccccc5n4)c3)c(F)c2)S1(=O)=O.CN1CCCN(c2ccc(C(=O)Nc3cccc(-c4nccc5ncccc45)c3)c(F)c2)S1(=O)=O.Cc1ccc(NC(=O)c2ccc(N3CCCNS3(=O)=O)cc2)cc1-c1nccc2ccccc12. The molecule has 16 aromatic rings. The Hall–Kier alpha value is -15.4. The summed E-state index contributed by atoms with van der Waals surface area (Å²) in [5.74, 6) is -4.10. The summed E-state index contributed by atoms with van der Waals surface area (Å²) in [5, 5.41) is 16.1. The molecule has 4 aliphatic rings. The van der Waals surface area contributed by atoms with E-state index in [0.29, 0.717) is 97.4 Å². The number of benzene rings is 11. The lowest BCUT2D eigenvalue weighted by Gasteiger charge is -2.33. The first-order chi connectivity index (χ1) is 66.9. The normalized spacial score (nSPS) is 15.6. The summed E-state index contributed by atoms with van der Waals surface area (Å²) in [4.78, 5) is 78.4. The maximum Gasteiger partial charge on any atom is 0.303 e. The molecule has 139 heavy (non-hydrogen) atoms. The van der Waals surface area contributed by atoms with E-state index in [4.69, 9.17) is 0 Å². The van der Waals surface area contributed by atoms with Crippen LogP contribution in [0.4, 0.5) is 58.7 Å². The van der Waals surface area contributed by atoms with Crippen molar-refractivity contribution in [3.8, 4) is 45.2 Å². The van der Waals surface area contributed by atoms with Gasteiger partial charge in [0.1, 0.15) is 17.5 Å². The van der Waals surface area contributed by atoms with E-state index in [2.05, 4.69) is 62.0 Å². The fourth-order valence-corrected chi connectivity index (χ4v) is 22.0. The van der Waals surface area contributed by atoms with Crippen LogP contribution in [0, 0.1) is 24.4 Å². The Kier molecular flexibility index (Phi) is 28.1. The number of pyridine rings is 4. The smallest absolute Gasteiger partial charge is 0.303 e. The molecule has 0 atom stereocenters. The van der Waals surface area contributed by atoms with Crippen LogP contribution in [0.2, 0.25) is 0 Å². The number of carbonyl (C=O) groups is 4. The van der Waals surface area contributed by atoms with Gasteiger partial charge in [0.05, 0.1) is 73.1 Å². The van der Waals surface area contributed by atoms with Crippen LogP contribution in [-0.2, 0) is 40.8 Å². The maximum absolute atomic E-state index is 14.9. The molecule has 0 spiro atoms. The summed E-state index contributed by atoms with van der Waals surface area (Å²) in [6.45, 7) is 4.86. The molecular weight excluding hydrogens is 1850 g/mol. The highest BCUT2D eigenvalue weighted by atomic mass is 32.2. The lowest BCUT2D eigenvalue weighted by atomic mass is 9.99. The molecule has 9 heterocycles. The number of aromatic nitrogens is 6. The molecule has 4 saturated heterocycles. The minimum atomic E-state index is -3.71. The predicted molar refractivity (Wildman–Crippen MR) is 536 cm³/mol. The molecule has 5 N–H and O–H groups in total. The Labute approximate surface area is 800 Å². The molecule has 0 aliphatic carbocycles. The van der Waals surface area contributed by atoms with Gasteiger partial charge >= 0.3 is 40.8 Å². The summed E-state index contributed by atoms with van der Waals surface area (Å²) in [6, 6.07) is 80.0. The highest BCUT2D eigenvalue weighted by Gasteiger charge is 2.36. The predicted octanol–water partition coefficient (Wildman–Crippen LogP) is 17.3. The number of aryl methyl sites for hydroxylation is 1. The summed E-state index contributed by atoms with van der Waals surface area (Å²) in [5.41, 5.74) is 12.1. The van der Waals surface area contributed by atoms with Crippen LogP contribution in [0.3, 0.4) is 0 Å². The minimum absolute atomic E-state index is 0.175. The number of para-hydroxylation sites is 2. The number of hydrogen-bond acceptors (Lipinski definition) is 18. The average Bonchev–Trinajstić information content (AvgIpc) is 0.782. The first-order valence-corrected chi connectivity index (χ1v) is 49.8. The van der Waals surface area contributed by atoms with E-state index in [9.17, 15) is 66.0 Å². The third-order valence-electron chi connectivity index (χ3n) is 23.7. The Bertz CT molecular complexity index is 7710. The van der Waals surface area contributed by atoms with Crippen LogP contribution in [0.25, 0.3) is 88.6 Å². The molecular formula is C102H91F3N18O12S4. The van der Waals surface area contributed by atoms with Crippen LogP contribution in [-0.4, -0.2) is 174 Å². The lowest BCUT2D eigenvalue weighted by molar-refractivity contribution is 0.101. The molecule has 4 aliphatic heterocycles. The minimum Gasteiger partial charge on any atom is -0.322 e.